The second-order valence-corrected chi connectivity index (χ2v) is 7.58. The van der Waals surface area contributed by atoms with Crippen molar-refractivity contribution in [2.75, 3.05) is 25.1 Å². The van der Waals surface area contributed by atoms with E-state index in [1.54, 1.807) is 12.1 Å². The highest BCUT2D eigenvalue weighted by Gasteiger charge is 2.22. The largest absolute Gasteiger partial charge is 0.382 e. The molecule has 0 radical (unpaired) electrons. The van der Waals surface area contributed by atoms with Crippen LogP contribution in [0.15, 0.2) is 52.3 Å². The Morgan fingerprint density at radius 3 is 2.89 bits per heavy atom. The summed E-state index contributed by atoms with van der Waals surface area (Å²) in [7, 11) is 0. The molecule has 0 unspecified atom stereocenters. The lowest BCUT2D eigenvalue weighted by Gasteiger charge is -2.19. The van der Waals surface area contributed by atoms with E-state index in [1.807, 2.05) is 50.3 Å². The summed E-state index contributed by atoms with van der Waals surface area (Å²) in [6, 6.07) is 13.4. The Balaban J connectivity index is 1.68. The lowest BCUT2D eigenvalue weighted by molar-refractivity contribution is -0.112. The molecule has 5 nitrogen and oxygen atoms in total. The Morgan fingerprint density at radius 1 is 1.25 bits per heavy atom. The maximum absolute atomic E-state index is 12.5. The molecule has 0 saturated carbocycles. The van der Waals surface area contributed by atoms with Crippen LogP contribution in [-0.2, 0) is 9.53 Å². The lowest BCUT2D eigenvalue weighted by Crippen LogP contribution is -2.26. The number of aryl methyl sites for hydroxylation is 1. The summed E-state index contributed by atoms with van der Waals surface area (Å²) in [5.74, 6) is -0.312. The average molecular weight is 397 g/mol. The molecular formula is C22H24N2O3S. The number of carbonyl (C=O) groups excluding carboxylic acids is 2. The Morgan fingerprint density at radius 2 is 2.11 bits per heavy atom. The first kappa shape index (κ1) is 20.2. The number of rotatable bonds is 7. The van der Waals surface area contributed by atoms with Crippen LogP contribution in [0.5, 0.6) is 0 Å². The van der Waals surface area contributed by atoms with Gasteiger partial charge in [0.1, 0.15) is 0 Å². The monoisotopic (exact) mass is 396 g/mol. The van der Waals surface area contributed by atoms with Gasteiger partial charge < -0.3 is 15.4 Å². The highest BCUT2D eigenvalue weighted by atomic mass is 32.2. The van der Waals surface area contributed by atoms with Gasteiger partial charge in [-0.25, -0.2) is 0 Å². The van der Waals surface area contributed by atoms with Crippen molar-refractivity contribution in [2.45, 2.75) is 25.2 Å². The first-order chi connectivity index (χ1) is 13.6. The molecule has 0 saturated heterocycles. The third-order valence-electron chi connectivity index (χ3n) is 4.23. The first-order valence-electron chi connectivity index (χ1n) is 9.34. The number of nitrogens with one attached hydrogen (secondary N) is 2. The number of hydrogen-bond donors (Lipinski definition) is 2. The molecule has 1 aliphatic heterocycles. The Kier molecular flexibility index (Phi) is 6.90. The van der Waals surface area contributed by atoms with Crippen LogP contribution in [0.2, 0.25) is 0 Å². The van der Waals surface area contributed by atoms with Crippen molar-refractivity contribution in [3.63, 3.8) is 0 Å². The fourth-order valence-corrected chi connectivity index (χ4v) is 3.77. The third-order valence-corrected chi connectivity index (χ3v) is 5.33. The zero-order chi connectivity index (χ0) is 19.9. The van der Waals surface area contributed by atoms with Crippen LogP contribution in [-0.4, -0.2) is 31.6 Å². The smallest absolute Gasteiger partial charge is 0.262 e. The SMILES string of the molecule is CCOCCCNC(=O)c1ccc2c(c1)NC(=O)C(=Cc1cccc(C)c1)S2. The van der Waals surface area contributed by atoms with E-state index >= 15 is 0 Å². The minimum Gasteiger partial charge on any atom is -0.382 e. The highest BCUT2D eigenvalue weighted by Crippen LogP contribution is 2.39. The van der Waals surface area contributed by atoms with Gasteiger partial charge in [-0.3, -0.25) is 9.59 Å². The first-order valence-corrected chi connectivity index (χ1v) is 10.2. The molecule has 2 amide bonds. The molecule has 0 fully saturated rings. The number of fused-ring (bicyclic) bond motifs is 1. The van der Waals surface area contributed by atoms with Gasteiger partial charge in [0.2, 0.25) is 0 Å². The van der Waals surface area contributed by atoms with E-state index in [-0.39, 0.29) is 11.8 Å². The van der Waals surface area contributed by atoms with Crippen molar-refractivity contribution in [1.29, 1.82) is 0 Å². The van der Waals surface area contributed by atoms with Crippen LogP contribution in [0.3, 0.4) is 0 Å². The van der Waals surface area contributed by atoms with Crippen molar-refractivity contribution < 1.29 is 14.3 Å². The van der Waals surface area contributed by atoms with Crippen molar-refractivity contribution in [3.05, 3.63) is 64.1 Å². The molecule has 6 heteroatoms. The topological polar surface area (TPSA) is 67.4 Å². The number of thioether (sulfide) groups is 1. The van der Waals surface area contributed by atoms with Crippen molar-refractivity contribution in [3.8, 4) is 0 Å². The summed E-state index contributed by atoms with van der Waals surface area (Å²) in [5.41, 5.74) is 3.33. The minimum atomic E-state index is -0.159. The number of amides is 2. The molecule has 0 bridgehead atoms. The summed E-state index contributed by atoms with van der Waals surface area (Å²) in [6.07, 6.45) is 2.65. The molecule has 1 heterocycles. The van der Waals surface area contributed by atoms with Crippen molar-refractivity contribution in [2.24, 2.45) is 0 Å². The summed E-state index contributed by atoms with van der Waals surface area (Å²) >= 11 is 1.41. The van der Waals surface area contributed by atoms with Gasteiger partial charge in [-0.2, -0.15) is 0 Å². The Labute approximate surface area is 169 Å². The molecule has 2 N–H and O–H groups in total. The van der Waals surface area contributed by atoms with Crippen molar-refractivity contribution in [1.82, 2.24) is 5.32 Å². The lowest BCUT2D eigenvalue weighted by atomic mass is 10.1. The van der Waals surface area contributed by atoms with Gasteiger partial charge in [0.05, 0.1) is 10.6 Å². The van der Waals surface area contributed by atoms with Gasteiger partial charge in [-0.1, -0.05) is 41.6 Å². The van der Waals surface area contributed by atoms with Crippen LogP contribution in [0.1, 0.15) is 34.8 Å². The normalized spacial score (nSPS) is 14.5. The van der Waals surface area contributed by atoms with Gasteiger partial charge >= 0.3 is 0 Å². The molecule has 2 aromatic carbocycles. The van der Waals surface area contributed by atoms with Gasteiger partial charge in [0, 0.05) is 30.2 Å². The molecule has 3 rings (SSSR count). The van der Waals surface area contributed by atoms with Gasteiger partial charge in [-0.15, -0.1) is 0 Å². The molecule has 0 atom stereocenters. The maximum atomic E-state index is 12.5. The van der Waals surface area contributed by atoms with Crippen LogP contribution >= 0.6 is 11.8 Å². The summed E-state index contributed by atoms with van der Waals surface area (Å²) < 4.78 is 5.26. The van der Waals surface area contributed by atoms with Gasteiger partial charge in [0.25, 0.3) is 11.8 Å². The zero-order valence-electron chi connectivity index (χ0n) is 16.1. The minimum absolute atomic E-state index is 0.153. The molecule has 1 aliphatic rings. The second-order valence-electron chi connectivity index (χ2n) is 6.50. The average Bonchev–Trinajstić information content (AvgIpc) is 2.68. The quantitative estimate of drug-likeness (QED) is 0.543. The predicted molar refractivity (Wildman–Crippen MR) is 114 cm³/mol. The molecule has 0 spiro atoms. The summed E-state index contributed by atoms with van der Waals surface area (Å²) in [4.78, 5) is 26.3. The number of ether oxygens (including phenoxy) is 1. The predicted octanol–water partition coefficient (Wildman–Crippen LogP) is 4.24. The van der Waals surface area contributed by atoms with E-state index in [0.717, 1.165) is 22.4 Å². The Hall–Kier alpha value is -2.57. The van der Waals surface area contributed by atoms with E-state index in [1.165, 1.54) is 11.8 Å². The summed E-state index contributed by atoms with van der Waals surface area (Å²) in [6.45, 7) is 5.83. The number of benzene rings is 2. The second kappa shape index (κ2) is 9.57. The molecular weight excluding hydrogens is 372 g/mol. The van der Waals surface area contributed by atoms with Crippen LogP contribution in [0.4, 0.5) is 5.69 Å². The van der Waals surface area contributed by atoms with E-state index in [2.05, 4.69) is 10.6 Å². The van der Waals surface area contributed by atoms with Gasteiger partial charge in [-0.05, 0) is 50.1 Å². The molecule has 0 aliphatic carbocycles. The molecule has 2 aromatic rings. The number of hydrogen-bond acceptors (Lipinski definition) is 4. The zero-order valence-corrected chi connectivity index (χ0v) is 16.9. The molecule has 146 valence electrons. The fourth-order valence-electron chi connectivity index (χ4n) is 2.84. The van der Waals surface area contributed by atoms with E-state index < -0.39 is 0 Å². The Bertz CT molecular complexity index is 908. The van der Waals surface area contributed by atoms with Crippen LogP contribution in [0, 0.1) is 6.92 Å². The van der Waals surface area contributed by atoms with Crippen molar-refractivity contribution >= 4 is 35.3 Å². The highest BCUT2D eigenvalue weighted by molar-refractivity contribution is 8.04. The van der Waals surface area contributed by atoms with Gasteiger partial charge in [0.15, 0.2) is 0 Å². The molecule has 28 heavy (non-hydrogen) atoms. The van der Waals surface area contributed by atoms with E-state index in [4.69, 9.17) is 4.74 Å². The maximum Gasteiger partial charge on any atom is 0.262 e. The summed E-state index contributed by atoms with van der Waals surface area (Å²) in [5, 5.41) is 5.77. The standard InChI is InChI=1S/C22H24N2O3S/c1-3-27-11-5-10-23-21(25)17-8-9-19-18(14-17)24-22(26)20(28-19)13-16-7-4-6-15(2)12-16/h4,6-9,12-14H,3,5,10-11H2,1-2H3,(H,23,25)(H,24,26). The number of carbonyl (C=O) groups is 2. The van der Waals surface area contributed by atoms with Crippen LogP contribution in [0.25, 0.3) is 6.08 Å². The molecule has 0 aromatic heterocycles. The van der Waals surface area contributed by atoms with E-state index in [0.29, 0.717) is 35.9 Å². The number of anilines is 1. The third kappa shape index (κ3) is 5.24. The fraction of sp³-hybridized carbons (Fsp3) is 0.273. The van der Waals surface area contributed by atoms with E-state index in [9.17, 15) is 9.59 Å². The van der Waals surface area contributed by atoms with Crippen LogP contribution < -0.4 is 10.6 Å².